The monoisotopic (exact) mass is 400 g/mol. The molecule has 0 aliphatic carbocycles. The molecule has 1 aliphatic heterocycles. The molecule has 4 rings (SSSR count). The van der Waals surface area contributed by atoms with E-state index in [2.05, 4.69) is 15.1 Å². The first kappa shape index (κ1) is 18.7. The molecule has 0 bridgehead atoms. The summed E-state index contributed by atoms with van der Waals surface area (Å²) in [5, 5.41) is 9.03. The van der Waals surface area contributed by atoms with Gasteiger partial charge in [-0.1, -0.05) is 11.8 Å². The number of rotatable bonds is 7. The number of carbonyl (C=O) groups is 1. The van der Waals surface area contributed by atoms with Crippen molar-refractivity contribution in [3.63, 3.8) is 0 Å². The highest BCUT2D eigenvalue weighted by atomic mass is 32.2. The fraction of sp³-hybridized carbons (Fsp3) is 0.350. The van der Waals surface area contributed by atoms with Gasteiger partial charge >= 0.3 is 0 Å². The largest absolute Gasteiger partial charge is 0.467 e. The molecule has 3 heterocycles. The number of anilines is 1. The average molecular weight is 400 g/mol. The lowest BCUT2D eigenvalue weighted by Gasteiger charge is -2.18. The number of thioether (sulfide) groups is 1. The lowest BCUT2D eigenvalue weighted by Crippen LogP contribution is -2.23. The van der Waals surface area contributed by atoms with Crippen LogP contribution in [0.5, 0.6) is 0 Å². The molecule has 1 aromatic carbocycles. The summed E-state index contributed by atoms with van der Waals surface area (Å²) >= 11 is 1.36. The molecule has 28 heavy (non-hydrogen) atoms. The Hall–Kier alpha value is -2.61. The van der Waals surface area contributed by atoms with Crippen molar-refractivity contribution in [2.45, 2.75) is 36.7 Å². The lowest BCUT2D eigenvalue weighted by molar-refractivity contribution is 0.0994. The highest BCUT2D eigenvalue weighted by Gasteiger charge is 2.25. The Morgan fingerprint density at radius 1 is 1.21 bits per heavy atom. The van der Waals surface area contributed by atoms with Crippen molar-refractivity contribution in [3.8, 4) is 0 Å². The van der Waals surface area contributed by atoms with Crippen molar-refractivity contribution in [2.24, 2.45) is 0 Å². The Kier molecular flexibility index (Phi) is 5.47. The maximum absolute atomic E-state index is 13.1. The van der Waals surface area contributed by atoms with Gasteiger partial charge in [-0.2, -0.15) is 0 Å². The summed E-state index contributed by atoms with van der Waals surface area (Å²) in [5.41, 5.74) is 0.485. The first-order valence-corrected chi connectivity index (χ1v) is 10.2. The van der Waals surface area contributed by atoms with Gasteiger partial charge in [-0.05, 0) is 56.2 Å². The molecule has 1 saturated heterocycles. The Morgan fingerprint density at radius 2 is 1.96 bits per heavy atom. The summed E-state index contributed by atoms with van der Waals surface area (Å²) in [5.74, 6) is 1.18. The van der Waals surface area contributed by atoms with Gasteiger partial charge in [0, 0.05) is 18.7 Å². The van der Waals surface area contributed by atoms with Crippen molar-refractivity contribution in [3.05, 3.63) is 59.8 Å². The molecule has 146 valence electrons. The number of aromatic nitrogens is 3. The second-order valence-corrected chi connectivity index (χ2v) is 8.08. The first-order chi connectivity index (χ1) is 13.6. The zero-order chi connectivity index (χ0) is 19.5. The molecule has 6 nitrogen and oxygen atoms in total. The van der Waals surface area contributed by atoms with Gasteiger partial charge in [-0.3, -0.25) is 9.36 Å². The molecule has 8 heteroatoms. The minimum absolute atomic E-state index is 0.0692. The second kappa shape index (κ2) is 8.18. The third kappa shape index (κ3) is 3.96. The van der Waals surface area contributed by atoms with Gasteiger partial charge in [0.25, 0.3) is 0 Å². The highest BCUT2D eigenvalue weighted by molar-refractivity contribution is 8.00. The number of ketones is 1. The Morgan fingerprint density at radius 3 is 2.64 bits per heavy atom. The van der Waals surface area contributed by atoms with Crippen LogP contribution in [0.4, 0.5) is 10.3 Å². The Bertz CT molecular complexity index is 934. The molecule has 0 radical (unpaired) electrons. The summed E-state index contributed by atoms with van der Waals surface area (Å²) in [4.78, 5) is 14.9. The van der Waals surface area contributed by atoms with Crippen molar-refractivity contribution in [1.29, 1.82) is 0 Å². The van der Waals surface area contributed by atoms with Crippen LogP contribution in [0.3, 0.4) is 0 Å². The third-order valence-corrected chi connectivity index (χ3v) is 5.84. The standard InChI is InChI=1S/C20H21FN4O2S/c1-14(18(26)15-6-8-16(21)9-7-15)28-20-23-22-19(24-10-2-3-11-24)25(20)13-17-5-4-12-27-17/h4-9,12,14H,2-3,10-11,13H2,1H3/t14-/m1/s1. The number of carbonyl (C=O) groups excluding carboxylic acids is 1. The van der Waals surface area contributed by atoms with E-state index in [0.29, 0.717) is 17.3 Å². The van der Waals surface area contributed by atoms with Crippen LogP contribution in [0, 0.1) is 5.82 Å². The predicted octanol–water partition coefficient (Wildman–Crippen LogP) is 4.02. The van der Waals surface area contributed by atoms with Crippen LogP contribution < -0.4 is 4.90 Å². The van der Waals surface area contributed by atoms with Crippen LogP contribution >= 0.6 is 11.8 Å². The smallest absolute Gasteiger partial charge is 0.228 e. The molecule has 1 fully saturated rings. The number of halogens is 1. The first-order valence-electron chi connectivity index (χ1n) is 9.29. The number of hydrogen-bond donors (Lipinski definition) is 0. The number of benzene rings is 1. The Balaban J connectivity index is 1.57. The molecular weight excluding hydrogens is 379 g/mol. The minimum Gasteiger partial charge on any atom is -0.467 e. The normalized spacial score (nSPS) is 15.1. The van der Waals surface area contributed by atoms with Crippen LogP contribution in [-0.4, -0.2) is 38.9 Å². The lowest BCUT2D eigenvalue weighted by atomic mass is 10.1. The predicted molar refractivity (Wildman–Crippen MR) is 105 cm³/mol. The van der Waals surface area contributed by atoms with E-state index in [4.69, 9.17) is 4.42 Å². The molecule has 2 aromatic heterocycles. The molecule has 3 aromatic rings. The highest BCUT2D eigenvalue weighted by Crippen LogP contribution is 2.29. The van der Waals surface area contributed by atoms with E-state index in [9.17, 15) is 9.18 Å². The fourth-order valence-electron chi connectivity index (χ4n) is 3.28. The zero-order valence-corrected chi connectivity index (χ0v) is 16.4. The molecular formula is C20H21FN4O2S. The molecule has 0 amide bonds. The summed E-state index contributed by atoms with van der Waals surface area (Å²) in [6, 6.07) is 9.39. The maximum Gasteiger partial charge on any atom is 0.228 e. The van der Waals surface area contributed by atoms with Gasteiger partial charge in [-0.15, -0.1) is 10.2 Å². The quantitative estimate of drug-likeness (QED) is 0.441. The van der Waals surface area contributed by atoms with Crippen LogP contribution in [-0.2, 0) is 6.54 Å². The van der Waals surface area contributed by atoms with E-state index < -0.39 is 0 Å². The number of furan rings is 1. The van der Waals surface area contributed by atoms with Gasteiger partial charge in [-0.25, -0.2) is 4.39 Å². The van der Waals surface area contributed by atoms with Crippen LogP contribution in [0.15, 0.2) is 52.2 Å². The number of Topliss-reactive ketones (excluding diaryl/α,β-unsaturated/α-hetero) is 1. The molecule has 0 unspecified atom stereocenters. The van der Waals surface area contributed by atoms with Crippen LogP contribution in [0.2, 0.25) is 0 Å². The molecule has 1 atom stereocenters. The van der Waals surface area contributed by atoms with Crippen molar-refractivity contribution in [2.75, 3.05) is 18.0 Å². The number of hydrogen-bond acceptors (Lipinski definition) is 6. The summed E-state index contributed by atoms with van der Waals surface area (Å²) in [6.45, 7) is 4.24. The van der Waals surface area contributed by atoms with E-state index in [0.717, 1.165) is 37.6 Å². The summed E-state index contributed by atoms with van der Waals surface area (Å²) in [7, 11) is 0. The molecule has 0 N–H and O–H groups in total. The average Bonchev–Trinajstić information content (AvgIpc) is 3.45. The topological polar surface area (TPSA) is 64.2 Å². The van der Waals surface area contributed by atoms with Gasteiger partial charge in [0.2, 0.25) is 5.95 Å². The SMILES string of the molecule is C[C@@H](Sc1nnc(N2CCCC2)n1Cc1ccco1)C(=O)c1ccc(F)cc1. The van der Waals surface area contributed by atoms with E-state index in [1.54, 1.807) is 6.26 Å². The Labute approximate surface area is 166 Å². The molecule has 0 spiro atoms. The van der Waals surface area contributed by atoms with Gasteiger partial charge < -0.3 is 9.32 Å². The maximum atomic E-state index is 13.1. The summed E-state index contributed by atoms with van der Waals surface area (Å²) < 4.78 is 20.6. The van der Waals surface area contributed by atoms with Crippen molar-refractivity contribution < 1.29 is 13.6 Å². The second-order valence-electron chi connectivity index (χ2n) is 6.77. The van der Waals surface area contributed by atoms with E-state index in [-0.39, 0.29) is 16.9 Å². The van der Waals surface area contributed by atoms with Crippen molar-refractivity contribution in [1.82, 2.24) is 14.8 Å². The minimum atomic E-state index is -0.378. The van der Waals surface area contributed by atoms with Gasteiger partial charge in [0.15, 0.2) is 10.9 Å². The fourth-order valence-corrected chi connectivity index (χ4v) is 4.20. The molecule has 1 aliphatic rings. The van der Waals surface area contributed by atoms with Gasteiger partial charge in [0.1, 0.15) is 11.6 Å². The van der Waals surface area contributed by atoms with Crippen molar-refractivity contribution >= 4 is 23.5 Å². The zero-order valence-electron chi connectivity index (χ0n) is 15.5. The van der Waals surface area contributed by atoms with E-state index in [1.807, 2.05) is 23.6 Å². The van der Waals surface area contributed by atoms with Crippen LogP contribution in [0.25, 0.3) is 0 Å². The number of nitrogens with zero attached hydrogens (tertiary/aromatic N) is 4. The summed E-state index contributed by atoms with van der Waals surface area (Å²) in [6.07, 6.45) is 3.91. The van der Waals surface area contributed by atoms with Gasteiger partial charge in [0.05, 0.1) is 18.1 Å². The van der Waals surface area contributed by atoms with Crippen LogP contribution in [0.1, 0.15) is 35.9 Å². The van der Waals surface area contributed by atoms with E-state index in [1.165, 1.54) is 36.0 Å². The molecule has 0 saturated carbocycles. The van der Waals surface area contributed by atoms with E-state index >= 15 is 0 Å². The third-order valence-electron chi connectivity index (χ3n) is 4.76.